The number of pyridine rings is 2. The van der Waals surface area contributed by atoms with Crippen molar-refractivity contribution in [1.82, 2.24) is 9.97 Å². The maximum atomic E-state index is 5.49. The fraction of sp³-hybridized carbons (Fsp3) is 0.172. The molecule has 0 radical (unpaired) electrons. The topological polar surface area (TPSA) is 25.8 Å². The predicted molar refractivity (Wildman–Crippen MR) is 156 cm³/mol. The molecule has 0 spiro atoms. The van der Waals surface area contributed by atoms with Crippen molar-refractivity contribution in [2.24, 2.45) is 0 Å². The molecule has 0 saturated heterocycles. The molecule has 2 heterocycles. The van der Waals surface area contributed by atoms with Crippen molar-refractivity contribution in [2.75, 3.05) is 17.3 Å². The summed E-state index contributed by atoms with van der Waals surface area (Å²) < 4.78 is 1.38. The summed E-state index contributed by atoms with van der Waals surface area (Å²) in [5.74, 6) is 17.8. The summed E-state index contributed by atoms with van der Waals surface area (Å²) in [5.41, 5.74) is 2.04. The average molecular weight is 574 g/mol. The molecule has 0 N–H and O–H groups in total. The van der Waals surface area contributed by atoms with Crippen molar-refractivity contribution < 1.29 is 0 Å². The van der Waals surface area contributed by atoms with Crippen LogP contribution < -0.4 is 4.46 Å². The SMILES string of the molecule is C#CCSc1cnc2ccccc2c1SCC#CC[Se]c1c(SCC#CC)cnc2ccccc12. The van der Waals surface area contributed by atoms with E-state index in [0.717, 1.165) is 38.1 Å². The fourth-order valence-electron chi connectivity index (χ4n) is 3.32. The van der Waals surface area contributed by atoms with E-state index in [1.165, 1.54) is 19.6 Å². The first-order valence-corrected chi connectivity index (χ1v) is 15.9. The van der Waals surface area contributed by atoms with Crippen LogP contribution >= 0.6 is 35.3 Å². The van der Waals surface area contributed by atoms with Gasteiger partial charge in [-0.3, -0.25) is 0 Å². The van der Waals surface area contributed by atoms with E-state index >= 15 is 0 Å². The molecule has 0 atom stereocenters. The first-order chi connectivity index (χ1) is 17.3. The number of thioether (sulfide) groups is 3. The normalized spacial score (nSPS) is 10.3. The molecule has 4 aromatic rings. The molecule has 0 aliphatic rings. The third-order valence-corrected chi connectivity index (χ3v) is 10.3. The van der Waals surface area contributed by atoms with Crippen LogP contribution in [0.1, 0.15) is 6.92 Å². The van der Waals surface area contributed by atoms with Crippen LogP contribution in [-0.4, -0.2) is 42.2 Å². The third kappa shape index (κ3) is 6.80. The quantitative estimate of drug-likeness (QED) is 0.143. The molecule has 172 valence electrons. The number of aromatic nitrogens is 2. The van der Waals surface area contributed by atoms with Gasteiger partial charge in [-0.1, -0.05) is 0 Å². The molecule has 35 heavy (non-hydrogen) atoms. The van der Waals surface area contributed by atoms with E-state index in [-0.39, 0.29) is 15.0 Å². The molecule has 0 amide bonds. The molecule has 2 aromatic heterocycles. The number of nitrogens with zero attached hydrogens (tertiary/aromatic N) is 2. The molecule has 0 aliphatic heterocycles. The molecule has 4 rings (SSSR count). The van der Waals surface area contributed by atoms with Gasteiger partial charge in [0.05, 0.1) is 0 Å². The van der Waals surface area contributed by atoms with Gasteiger partial charge in [0.2, 0.25) is 0 Å². The Morgan fingerprint density at radius 3 is 2.20 bits per heavy atom. The zero-order valence-electron chi connectivity index (χ0n) is 19.2. The zero-order chi connectivity index (χ0) is 24.3. The van der Waals surface area contributed by atoms with E-state index in [4.69, 9.17) is 6.42 Å². The van der Waals surface area contributed by atoms with Crippen molar-refractivity contribution in [3.05, 3.63) is 60.9 Å². The Kier molecular flexibility index (Phi) is 9.92. The second-order valence-corrected chi connectivity index (χ2v) is 12.2. The Bertz CT molecular complexity index is 1500. The first kappa shape index (κ1) is 25.6. The minimum absolute atomic E-state index is 0.235. The molecule has 0 unspecified atom stereocenters. The summed E-state index contributed by atoms with van der Waals surface area (Å²) in [7, 11) is 0. The number of para-hydroxylation sites is 2. The monoisotopic (exact) mass is 574 g/mol. The van der Waals surface area contributed by atoms with Gasteiger partial charge >= 0.3 is 228 Å². The van der Waals surface area contributed by atoms with Crippen LogP contribution in [0.25, 0.3) is 21.8 Å². The van der Waals surface area contributed by atoms with Crippen molar-refractivity contribution in [3.8, 4) is 36.0 Å². The zero-order valence-corrected chi connectivity index (χ0v) is 23.4. The van der Waals surface area contributed by atoms with E-state index in [1.807, 2.05) is 37.5 Å². The van der Waals surface area contributed by atoms with Gasteiger partial charge in [0, 0.05) is 0 Å². The summed E-state index contributed by atoms with van der Waals surface area (Å²) in [5, 5.41) is 3.26. The molecule has 0 aliphatic carbocycles. The van der Waals surface area contributed by atoms with Crippen LogP contribution in [0.3, 0.4) is 0 Å². The van der Waals surface area contributed by atoms with E-state index < -0.39 is 0 Å². The Morgan fingerprint density at radius 2 is 1.43 bits per heavy atom. The molecule has 6 heteroatoms. The van der Waals surface area contributed by atoms with Gasteiger partial charge in [0.1, 0.15) is 0 Å². The number of hydrogen-bond donors (Lipinski definition) is 0. The summed E-state index contributed by atoms with van der Waals surface area (Å²) in [6.07, 6.45) is 9.42. The fourth-order valence-corrected chi connectivity index (χ4v) is 8.31. The Hall–Kier alpha value is -2.49. The second-order valence-electron chi connectivity index (χ2n) is 7.08. The van der Waals surface area contributed by atoms with Gasteiger partial charge < -0.3 is 0 Å². The van der Waals surface area contributed by atoms with Crippen LogP contribution in [0.4, 0.5) is 0 Å². The molecular weight excluding hydrogens is 551 g/mol. The molecular formula is C29H22N2S3Se. The van der Waals surface area contributed by atoms with Gasteiger partial charge in [0.25, 0.3) is 0 Å². The van der Waals surface area contributed by atoms with Crippen molar-refractivity contribution >= 4 is 76.5 Å². The Labute approximate surface area is 226 Å². The molecule has 2 aromatic carbocycles. The summed E-state index contributed by atoms with van der Waals surface area (Å²) in [6.45, 7) is 1.88. The van der Waals surface area contributed by atoms with Crippen LogP contribution in [-0.2, 0) is 0 Å². The van der Waals surface area contributed by atoms with Crippen molar-refractivity contribution in [2.45, 2.75) is 26.9 Å². The predicted octanol–water partition coefficient (Wildman–Crippen LogP) is 6.17. The second kappa shape index (κ2) is 13.6. The number of terminal acetylenes is 1. The summed E-state index contributed by atoms with van der Waals surface area (Å²) in [4.78, 5) is 12.8. The van der Waals surface area contributed by atoms with Crippen molar-refractivity contribution in [1.29, 1.82) is 0 Å². The Balaban J connectivity index is 1.47. The van der Waals surface area contributed by atoms with E-state index in [1.54, 1.807) is 35.3 Å². The van der Waals surface area contributed by atoms with Gasteiger partial charge in [-0.15, -0.1) is 0 Å². The van der Waals surface area contributed by atoms with E-state index in [9.17, 15) is 0 Å². The maximum absolute atomic E-state index is 5.49. The first-order valence-electron chi connectivity index (χ1n) is 10.9. The average Bonchev–Trinajstić information content (AvgIpc) is 2.90. The summed E-state index contributed by atoms with van der Waals surface area (Å²) in [6, 6.07) is 16.6. The van der Waals surface area contributed by atoms with Crippen LogP contribution in [0.5, 0.6) is 0 Å². The molecule has 2 nitrogen and oxygen atoms in total. The molecule has 0 fully saturated rings. The van der Waals surface area contributed by atoms with Gasteiger partial charge in [-0.25, -0.2) is 0 Å². The molecule has 0 bridgehead atoms. The summed E-state index contributed by atoms with van der Waals surface area (Å²) >= 11 is 5.42. The van der Waals surface area contributed by atoms with Gasteiger partial charge in [-0.05, 0) is 0 Å². The van der Waals surface area contributed by atoms with Crippen molar-refractivity contribution in [3.63, 3.8) is 0 Å². The number of rotatable bonds is 8. The van der Waals surface area contributed by atoms with E-state index in [2.05, 4.69) is 69.9 Å². The Morgan fingerprint density at radius 1 is 0.771 bits per heavy atom. The third-order valence-electron chi connectivity index (χ3n) is 4.88. The van der Waals surface area contributed by atoms with E-state index in [0.29, 0.717) is 5.75 Å². The van der Waals surface area contributed by atoms with Crippen LogP contribution in [0, 0.1) is 36.0 Å². The number of fused-ring (bicyclic) bond motifs is 2. The van der Waals surface area contributed by atoms with Crippen LogP contribution in [0.2, 0.25) is 5.32 Å². The standard InChI is InChI=1S/C29H22N2S3Se/c1-3-5-17-33-27-21-31-25-15-9-7-13-23(25)29(27)35-19-11-10-18-34-28-22-12-6-8-14-24(22)30-20-26(28)32-16-4-2/h2,6-9,12-15,20-21H,16-19H2,1H3. The molecule has 0 saturated carbocycles. The van der Waals surface area contributed by atoms with Gasteiger partial charge in [0.15, 0.2) is 0 Å². The van der Waals surface area contributed by atoms with Gasteiger partial charge in [-0.2, -0.15) is 0 Å². The number of benzene rings is 2. The van der Waals surface area contributed by atoms with Crippen LogP contribution in [0.15, 0.2) is 75.6 Å². The number of hydrogen-bond acceptors (Lipinski definition) is 5. The minimum atomic E-state index is 0.235.